The first-order valence-electron chi connectivity index (χ1n) is 7.64. The molecule has 8 heteroatoms. The van der Waals surface area contributed by atoms with Crippen molar-refractivity contribution in [2.24, 2.45) is 7.05 Å². The van der Waals surface area contributed by atoms with Gasteiger partial charge in [0.25, 0.3) is 5.91 Å². The van der Waals surface area contributed by atoms with Crippen molar-refractivity contribution in [3.05, 3.63) is 33.0 Å². The predicted octanol–water partition coefficient (Wildman–Crippen LogP) is 2.19. The molecule has 0 aromatic carbocycles. The first-order valence-corrected chi connectivity index (χ1v) is 8.90. The molecule has 3 heterocycles. The van der Waals surface area contributed by atoms with Crippen molar-refractivity contribution >= 4 is 28.8 Å². The number of aromatic nitrogens is 3. The van der Waals surface area contributed by atoms with Crippen LogP contribution in [0.3, 0.4) is 0 Å². The number of aryl methyl sites for hydroxylation is 2. The minimum atomic E-state index is -0.0815. The number of thiazole rings is 1. The zero-order valence-electron chi connectivity index (χ0n) is 13.3. The molecule has 0 aliphatic carbocycles. The lowest BCUT2D eigenvalue weighted by Crippen LogP contribution is -2.35. The van der Waals surface area contributed by atoms with Crippen molar-refractivity contribution < 1.29 is 4.79 Å². The van der Waals surface area contributed by atoms with Gasteiger partial charge in [-0.15, -0.1) is 11.3 Å². The van der Waals surface area contributed by atoms with Gasteiger partial charge in [0.05, 0.1) is 15.7 Å². The van der Waals surface area contributed by atoms with Crippen molar-refractivity contribution in [2.75, 3.05) is 26.2 Å². The molecule has 0 N–H and O–H groups in total. The summed E-state index contributed by atoms with van der Waals surface area (Å²) >= 11 is 7.77. The summed E-state index contributed by atoms with van der Waals surface area (Å²) in [4.78, 5) is 21.3. The standard InChI is InChI=1S/C15H20ClN5OS/c1-11-17-12(10-23-11)8-20-4-3-5-21(7-6-20)15(22)14-13(16)9-19(2)18-14/h9-10H,3-8H2,1-2H3. The van der Waals surface area contributed by atoms with Crippen LogP contribution >= 0.6 is 22.9 Å². The third-order valence-corrected chi connectivity index (χ3v) is 5.01. The molecule has 0 bridgehead atoms. The largest absolute Gasteiger partial charge is 0.336 e. The second-order valence-electron chi connectivity index (χ2n) is 5.78. The molecule has 2 aromatic heterocycles. The fourth-order valence-corrected chi connectivity index (χ4v) is 3.66. The molecule has 2 aromatic rings. The third kappa shape index (κ3) is 3.91. The van der Waals surface area contributed by atoms with Gasteiger partial charge in [-0.25, -0.2) is 4.98 Å². The molecule has 23 heavy (non-hydrogen) atoms. The molecule has 3 rings (SSSR count). The van der Waals surface area contributed by atoms with E-state index in [1.165, 1.54) is 0 Å². The van der Waals surface area contributed by atoms with Gasteiger partial charge in [-0.3, -0.25) is 14.4 Å². The fourth-order valence-electron chi connectivity index (χ4n) is 2.80. The normalized spacial score (nSPS) is 16.6. The van der Waals surface area contributed by atoms with Crippen LogP contribution in [-0.2, 0) is 13.6 Å². The topological polar surface area (TPSA) is 54.3 Å². The number of rotatable bonds is 3. The SMILES string of the molecule is Cc1nc(CN2CCCN(C(=O)c3nn(C)cc3Cl)CC2)cs1. The molecule has 1 saturated heterocycles. The number of nitrogens with zero attached hydrogens (tertiary/aromatic N) is 5. The van der Waals surface area contributed by atoms with Gasteiger partial charge < -0.3 is 4.90 Å². The Bertz CT molecular complexity index is 698. The minimum Gasteiger partial charge on any atom is -0.336 e. The second kappa shape index (κ2) is 6.98. The van der Waals surface area contributed by atoms with Crippen LogP contribution in [-0.4, -0.2) is 56.7 Å². The molecule has 0 saturated carbocycles. The van der Waals surface area contributed by atoms with E-state index >= 15 is 0 Å². The zero-order chi connectivity index (χ0) is 16.4. The van der Waals surface area contributed by atoms with E-state index in [-0.39, 0.29) is 5.91 Å². The summed E-state index contributed by atoms with van der Waals surface area (Å²) in [5.41, 5.74) is 1.46. The van der Waals surface area contributed by atoms with Gasteiger partial charge >= 0.3 is 0 Å². The van der Waals surface area contributed by atoms with E-state index in [4.69, 9.17) is 11.6 Å². The summed E-state index contributed by atoms with van der Waals surface area (Å²) in [6, 6.07) is 0. The lowest BCUT2D eigenvalue weighted by atomic mass is 10.3. The van der Waals surface area contributed by atoms with Crippen molar-refractivity contribution in [3.8, 4) is 0 Å². The van der Waals surface area contributed by atoms with Gasteiger partial charge in [0, 0.05) is 51.3 Å². The van der Waals surface area contributed by atoms with E-state index in [1.54, 1.807) is 29.3 Å². The Morgan fingerprint density at radius 3 is 2.83 bits per heavy atom. The fraction of sp³-hybridized carbons (Fsp3) is 0.533. The number of carbonyl (C=O) groups excluding carboxylic acids is 1. The summed E-state index contributed by atoms with van der Waals surface area (Å²) in [7, 11) is 1.77. The summed E-state index contributed by atoms with van der Waals surface area (Å²) < 4.78 is 1.57. The van der Waals surface area contributed by atoms with Gasteiger partial charge in [-0.1, -0.05) is 11.6 Å². The average molecular weight is 354 g/mol. The van der Waals surface area contributed by atoms with Crippen molar-refractivity contribution in [1.29, 1.82) is 0 Å². The number of hydrogen-bond acceptors (Lipinski definition) is 5. The Balaban J connectivity index is 1.62. The number of carbonyl (C=O) groups is 1. The molecule has 1 aliphatic heterocycles. The van der Waals surface area contributed by atoms with Gasteiger partial charge in [0.15, 0.2) is 5.69 Å². The summed E-state index contributed by atoms with van der Waals surface area (Å²) in [6.07, 6.45) is 2.60. The molecule has 0 atom stereocenters. The van der Waals surface area contributed by atoms with Crippen LogP contribution in [0.4, 0.5) is 0 Å². The Labute approximate surface area is 144 Å². The van der Waals surface area contributed by atoms with E-state index in [9.17, 15) is 4.79 Å². The van der Waals surface area contributed by atoms with Crippen LogP contribution in [0.15, 0.2) is 11.6 Å². The van der Waals surface area contributed by atoms with Crippen molar-refractivity contribution in [3.63, 3.8) is 0 Å². The van der Waals surface area contributed by atoms with Crippen LogP contribution in [0.5, 0.6) is 0 Å². The first-order chi connectivity index (χ1) is 11.0. The molecule has 0 radical (unpaired) electrons. The number of amides is 1. The quantitative estimate of drug-likeness (QED) is 0.848. The van der Waals surface area contributed by atoms with Gasteiger partial charge in [0.1, 0.15) is 0 Å². The summed E-state index contributed by atoms with van der Waals surface area (Å²) in [5.74, 6) is -0.0815. The average Bonchev–Trinajstić information content (AvgIpc) is 2.96. The lowest BCUT2D eigenvalue weighted by Gasteiger charge is -2.21. The highest BCUT2D eigenvalue weighted by Gasteiger charge is 2.24. The zero-order valence-corrected chi connectivity index (χ0v) is 14.9. The molecular weight excluding hydrogens is 334 g/mol. The maximum absolute atomic E-state index is 12.6. The van der Waals surface area contributed by atoms with Crippen LogP contribution in [0.1, 0.15) is 27.6 Å². The van der Waals surface area contributed by atoms with Gasteiger partial charge in [-0.2, -0.15) is 5.10 Å². The second-order valence-corrected chi connectivity index (χ2v) is 7.25. The third-order valence-electron chi connectivity index (χ3n) is 3.91. The predicted molar refractivity (Wildman–Crippen MR) is 90.9 cm³/mol. The van der Waals surface area contributed by atoms with E-state index in [0.717, 1.165) is 43.3 Å². The maximum atomic E-state index is 12.6. The lowest BCUT2D eigenvalue weighted by molar-refractivity contribution is 0.0754. The minimum absolute atomic E-state index is 0.0815. The van der Waals surface area contributed by atoms with Crippen molar-refractivity contribution in [1.82, 2.24) is 24.6 Å². The smallest absolute Gasteiger partial charge is 0.275 e. The number of halogens is 1. The Hall–Kier alpha value is -1.44. The molecule has 1 fully saturated rings. The molecule has 1 aliphatic rings. The van der Waals surface area contributed by atoms with E-state index < -0.39 is 0 Å². The monoisotopic (exact) mass is 353 g/mol. The molecule has 1 amide bonds. The van der Waals surface area contributed by atoms with Crippen LogP contribution in [0, 0.1) is 6.92 Å². The van der Waals surface area contributed by atoms with Crippen LogP contribution in [0.2, 0.25) is 5.02 Å². The molecule has 0 spiro atoms. The van der Waals surface area contributed by atoms with Gasteiger partial charge in [-0.05, 0) is 13.3 Å². The van der Waals surface area contributed by atoms with Crippen molar-refractivity contribution in [2.45, 2.75) is 19.9 Å². The Morgan fingerprint density at radius 1 is 1.35 bits per heavy atom. The Kier molecular flexibility index (Phi) is 4.99. The van der Waals surface area contributed by atoms with E-state index in [0.29, 0.717) is 17.3 Å². The van der Waals surface area contributed by atoms with Gasteiger partial charge in [0.2, 0.25) is 0 Å². The van der Waals surface area contributed by atoms with Crippen LogP contribution < -0.4 is 0 Å². The maximum Gasteiger partial charge on any atom is 0.275 e. The highest BCUT2D eigenvalue weighted by molar-refractivity contribution is 7.09. The summed E-state index contributed by atoms with van der Waals surface area (Å²) in [5, 5.41) is 7.79. The van der Waals surface area contributed by atoms with E-state index in [2.05, 4.69) is 20.4 Å². The number of hydrogen-bond donors (Lipinski definition) is 0. The molecule has 124 valence electrons. The first kappa shape index (κ1) is 16.4. The summed E-state index contributed by atoms with van der Waals surface area (Å²) in [6.45, 7) is 6.10. The Morgan fingerprint density at radius 2 is 2.17 bits per heavy atom. The molecule has 0 unspecified atom stereocenters. The highest BCUT2D eigenvalue weighted by Crippen LogP contribution is 2.17. The van der Waals surface area contributed by atoms with Crippen LogP contribution in [0.25, 0.3) is 0 Å². The van der Waals surface area contributed by atoms with E-state index in [1.807, 2.05) is 11.8 Å². The molecular formula is C15H20ClN5OS. The highest BCUT2D eigenvalue weighted by atomic mass is 35.5. The molecule has 6 nitrogen and oxygen atoms in total.